The monoisotopic (exact) mass is 407 g/mol. The highest BCUT2D eigenvalue weighted by molar-refractivity contribution is 5.85. The van der Waals surface area contributed by atoms with Gasteiger partial charge >= 0.3 is 0 Å². The normalized spacial score (nSPS) is 10.2. The van der Waals surface area contributed by atoms with Crippen molar-refractivity contribution in [2.24, 2.45) is 0 Å². The summed E-state index contributed by atoms with van der Waals surface area (Å²) in [5.74, 6) is 1.94. The van der Waals surface area contributed by atoms with Gasteiger partial charge in [-0.2, -0.15) is 5.10 Å². The lowest BCUT2D eigenvalue weighted by Gasteiger charge is -2.12. The van der Waals surface area contributed by atoms with Crippen LogP contribution in [0.2, 0.25) is 0 Å². The first-order chi connectivity index (χ1) is 13.8. The predicted octanol–water partition coefficient (Wildman–Crippen LogP) is 5.24. The van der Waals surface area contributed by atoms with E-state index in [9.17, 15) is 0 Å². The first kappa shape index (κ1) is 20.3. The van der Waals surface area contributed by atoms with Gasteiger partial charge in [-0.15, -0.1) is 12.4 Å². The molecule has 3 aromatic carbocycles. The van der Waals surface area contributed by atoms with Crippen LogP contribution in [0.1, 0.15) is 11.1 Å². The number of nitrogens with zero attached hydrogens (tertiary/aromatic N) is 1. The topological polar surface area (TPSA) is 73.2 Å². The van der Waals surface area contributed by atoms with Gasteiger partial charge in [0.2, 0.25) is 0 Å². The number of hydrogen-bond acceptors (Lipinski definition) is 4. The van der Waals surface area contributed by atoms with E-state index in [1.165, 1.54) is 0 Å². The minimum atomic E-state index is 0. The third-order valence-corrected chi connectivity index (χ3v) is 4.27. The maximum Gasteiger partial charge on any atom is 0.124 e. The van der Waals surface area contributed by atoms with Gasteiger partial charge in [-0.25, -0.2) is 0 Å². The summed E-state index contributed by atoms with van der Waals surface area (Å²) in [5.41, 5.74) is 9.60. The summed E-state index contributed by atoms with van der Waals surface area (Å²) in [4.78, 5) is 0. The Hall–Kier alpha value is -3.44. The molecule has 1 heterocycles. The van der Waals surface area contributed by atoms with Crippen molar-refractivity contribution in [3.8, 4) is 22.8 Å². The van der Waals surface area contributed by atoms with Gasteiger partial charge in [0.05, 0.1) is 5.69 Å². The Morgan fingerprint density at radius 2 is 1.24 bits per heavy atom. The number of H-pyrrole nitrogens is 1. The first-order valence-corrected chi connectivity index (χ1v) is 9.06. The third-order valence-electron chi connectivity index (χ3n) is 4.27. The summed E-state index contributed by atoms with van der Waals surface area (Å²) < 4.78 is 12.0. The number of halogens is 1. The predicted molar refractivity (Wildman–Crippen MR) is 117 cm³/mol. The Morgan fingerprint density at radius 1 is 0.724 bits per heavy atom. The highest BCUT2D eigenvalue weighted by Gasteiger charge is 2.09. The molecule has 0 radical (unpaired) electrons. The van der Waals surface area contributed by atoms with Crippen LogP contribution >= 0.6 is 12.4 Å². The molecule has 1 aromatic heterocycles. The average molecular weight is 408 g/mol. The van der Waals surface area contributed by atoms with Crippen LogP contribution in [0.25, 0.3) is 11.3 Å². The van der Waals surface area contributed by atoms with Crippen LogP contribution in [0.3, 0.4) is 0 Å². The standard InChI is InChI=1S/C23H21N3O2.ClH/c24-23-14-22(25-26-23)19-11-20(27-15-17-7-3-1-4-8-17)13-21(12-19)28-16-18-9-5-2-6-10-18;/h1-14H,15-16H2,(H3,24,25,26);1H. The van der Waals surface area contributed by atoms with Crippen molar-refractivity contribution in [3.05, 3.63) is 96.1 Å². The van der Waals surface area contributed by atoms with Crippen molar-refractivity contribution >= 4 is 18.2 Å². The van der Waals surface area contributed by atoms with Crippen molar-refractivity contribution in [2.45, 2.75) is 13.2 Å². The zero-order valence-electron chi connectivity index (χ0n) is 15.7. The Morgan fingerprint density at radius 3 is 1.69 bits per heavy atom. The number of aromatic amines is 1. The van der Waals surface area contributed by atoms with E-state index in [1.54, 1.807) is 6.07 Å². The molecule has 0 aliphatic heterocycles. The molecule has 0 bridgehead atoms. The molecule has 0 saturated heterocycles. The largest absolute Gasteiger partial charge is 0.489 e. The second-order valence-corrected chi connectivity index (χ2v) is 6.45. The molecule has 4 aromatic rings. The molecule has 5 nitrogen and oxygen atoms in total. The third kappa shape index (κ3) is 5.53. The van der Waals surface area contributed by atoms with Crippen molar-refractivity contribution in [1.29, 1.82) is 0 Å². The lowest BCUT2D eigenvalue weighted by atomic mass is 10.1. The highest BCUT2D eigenvalue weighted by atomic mass is 35.5. The maximum absolute atomic E-state index is 6.00. The average Bonchev–Trinajstić information content (AvgIpc) is 3.19. The van der Waals surface area contributed by atoms with Gasteiger partial charge in [-0.05, 0) is 23.3 Å². The summed E-state index contributed by atoms with van der Waals surface area (Å²) in [6, 6.07) is 27.7. The number of hydrogen-bond donors (Lipinski definition) is 2. The molecule has 3 N–H and O–H groups in total. The minimum Gasteiger partial charge on any atom is -0.489 e. The van der Waals surface area contributed by atoms with Gasteiger partial charge in [0.25, 0.3) is 0 Å². The van der Waals surface area contributed by atoms with Crippen LogP contribution < -0.4 is 15.2 Å². The summed E-state index contributed by atoms with van der Waals surface area (Å²) in [6.45, 7) is 0.955. The van der Waals surface area contributed by atoms with Gasteiger partial charge in [-0.3, -0.25) is 5.10 Å². The van der Waals surface area contributed by atoms with Gasteiger partial charge in [0.1, 0.15) is 30.5 Å². The van der Waals surface area contributed by atoms with Crippen LogP contribution in [-0.2, 0) is 13.2 Å². The Kier molecular flexibility index (Phi) is 6.76. The van der Waals surface area contributed by atoms with E-state index in [4.69, 9.17) is 15.2 Å². The minimum absolute atomic E-state index is 0. The van der Waals surface area contributed by atoms with E-state index in [0.717, 1.165) is 22.4 Å². The first-order valence-electron chi connectivity index (χ1n) is 9.06. The highest BCUT2D eigenvalue weighted by Crippen LogP contribution is 2.30. The van der Waals surface area contributed by atoms with Gasteiger partial charge in [0.15, 0.2) is 0 Å². The summed E-state index contributed by atoms with van der Waals surface area (Å²) >= 11 is 0. The van der Waals surface area contributed by atoms with E-state index in [-0.39, 0.29) is 12.4 Å². The molecule has 0 aliphatic carbocycles. The molecular weight excluding hydrogens is 386 g/mol. The van der Waals surface area contributed by atoms with Crippen molar-refractivity contribution in [2.75, 3.05) is 5.73 Å². The van der Waals surface area contributed by atoms with Crippen molar-refractivity contribution in [1.82, 2.24) is 10.2 Å². The van der Waals surface area contributed by atoms with Gasteiger partial charge in [-0.1, -0.05) is 60.7 Å². The van der Waals surface area contributed by atoms with Gasteiger partial charge < -0.3 is 15.2 Å². The quantitative estimate of drug-likeness (QED) is 0.439. The molecule has 0 atom stereocenters. The number of nitrogens with two attached hydrogens (primary N) is 1. The lowest BCUT2D eigenvalue weighted by Crippen LogP contribution is -1.98. The van der Waals surface area contributed by atoms with E-state index in [1.807, 2.05) is 78.9 Å². The molecule has 29 heavy (non-hydrogen) atoms. The summed E-state index contributed by atoms with van der Waals surface area (Å²) in [6.07, 6.45) is 0. The van der Waals surface area contributed by atoms with E-state index in [0.29, 0.717) is 30.5 Å². The van der Waals surface area contributed by atoms with Crippen LogP contribution in [0.4, 0.5) is 5.82 Å². The number of ether oxygens (including phenoxy) is 2. The SMILES string of the molecule is Cl.Nc1cc(-c2cc(OCc3ccccc3)cc(OCc3ccccc3)c2)n[nH]1. The van der Waals surface area contributed by atoms with E-state index < -0.39 is 0 Å². The fraction of sp³-hybridized carbons (Fsp3) is 0.0870. The molecule has 0 unspecified atom stereocenters. The van der Waals surface area contributed by atoms with E-state index in [2.05, 4.69) is 10.2 Å². The van der Waals surface area contributed by atoms with Crippen molar-refractivity contribution in [3.63, 3.8) is 0 Å². The molecule has 6 heteroatoms. The van der Waals surface area contributed by atoms with Crippen LogP contribution in [0.5, 0.6) is 11.5 Å². The Balaban J connectivity index is 0.00000240. The number of nitrogens with one attached hydrogen (secondary N) is 1. The fourth-order valence-electron chi connectivity index (χ4n) is 2.85. The van der Waals surface area contributed by atoms with Crippen LogP contribution in [0.15, 0.2) is 84.9 Å². The smallest absolute Gasteiger partial charge is 0.124 e. The summed E-state index contributed by atoms with van der Waals surface area (Å²) in [7, 11) is 0. The molecule has 0 spiro atoms. The second-order valence-electron chi connectivity index (χ2n) is 6.45. The molecule has 4 rings (SSSR count). The molecule has 0 saturated carbocycles. The lowest BCUT2D eigenvalue weighted by molar-refractivity contribution is 0.290. The zero-order chi connectivity index (χ0) is 19.2. The fourth-order valence-corrected chi connectivity index (χ4v) is 2.85. The number of benzene rings is 3. The Bertz CT molecular complexity index is 975. The number of aromatic nitrogens is 2. The van der Waals surface area contributed by atoms with Gasteiger partial charge in [0, 0.05) is 17.7 Å². The molecule has 148 valence electrons. The zero-order valence-corrected chi connectivity index (χ0v) is 16.6. The molecule has 0 fully saturated rings. The molecule has 0 amide bonds. The summed E-state index contributed by atoms with van der Waals surface area (Å²) in [5, 5.41) is 7.01. The van der Waals surface area contributed by atoms with Crippen LogP contribution in [-0.4, -0.2) is 10.2 Å². The van der Waals surface area contributed by atoms with Crippen molar-refractivity contribution < 1.29 is 9.47 Å². The number of anilines is 1. The number of nitrogen functional groups attached to an aromatic ring is 1. The molecule has 0 aliphatic rings. The Labute approximate surface area is 175 Å². The number of rotatable bonds is 7. The maximum atomic E-state index is 6.00. The van der Waals surface area contributed by atoms with Crippen LogP contribution in [0, 0.1) is 0 Å². The molecular formula is C23H22ClN3O2. The van der Waals surface area contributed by atoms with E-state index >= 15 is 0 Å². The second kappa shape index (κ2) is 9.66.